The van der Waals surface area contributed by atoms with Gasteiger partial charge >= 0.3 is 0 Å². The highest BCUT2D eigenvalue weighted by Crippen LogP contribution is 2.42. The van der Waals surface area contributed by atoms with Gasteiger partial charge in [-0.05, 0) is 44.4 Å². The molecule has 0 unspecified atom stereocenters. The third-order valence-electron chi connectivity index (χ3n) is 5.24. The first-order valence-electron chi connectivity index (χ1n) is 10.3. The highest BCUT2D eigenvalue weighted by molar-refractivity contribution is 7.98. The number of rotatable bonds is 7. The van der Waals surface area contributed by atoms with Crippen LogP contribution >= 0.6 is 11.8 Å². The Labute approximate surface area is 194 Å². The summed E-state index contributed by atoms with van der Waals surface area (Å²) in [6, 6.07) is 9.67. The van der Waals surface area contributed by atoms with E-state index in [1.165, 1.54) is 17.8 Å². The van der Waals surface area contributed by atoms with Crippen molar-refractivity contribution < 1.29 is 22.7 Å². The van der Waals surface area contributed by atoms with Gasteiger partial charge in [-0.2, -0.15) is 0 Å². The average molecular weight is 479 g/mol. The normalized spacial score (nSPS) is 17.4. The van der Waals surface area contributed by atoms with Crippen LogP contribution in [0.4, 0.5) is 5.69 Å². The van der Waals surface area contributed by atoms with Crippen LogP contribution in [0.1, 0.15) is 45.7 Å². The molecule has 2 N–H and O–H groups in total. The van der Waals surface area contributed by atoms with Gasteiger partial charge in [-0.1, -0.05) is 19.9 Å². The summed E-state index contributed by atoms with van der Waals surface area (Å²) in [7, 11) is -2.30. The molecule has 2 aromatic carbocycles. The molecule has 0 fully saturated rings. The van der Waals surface area contributed by atoms with E-state index in [2.05, 4.69) is 10.0 Å². The highest BCUT2D eigenvalue weighted by Gasteiger charge is 2.36. The summed E-state index contributed by atoms with van der Waals surface area (Å²) in [5.74, 6) is 0.843. The summed E-state index contributed by atoms with van der Waals surface area (Å²) < 4.78 is 40.8. The highest BCUT2D eigenvalue weighted by atomic mass is 32.2. The molecule has 0 aliphatic carbocycles. The Morgan fingerprint density at radius 1 is 1.22 bits per heavy atom. The minimum Gasteiger partial charge on any atom is -0.497 e. The molecule has 1 heterocycles. The zero-order valence-electron chi connectivity index (χ0n) is 19.2. The number of anilines is 1. The van der Waals surface area contributed by atoms with Crippen molar-refractivity contribution in [2.45, 2.75) is 55.5 Å². The number of ether oxygens (including phenoxy) is 2. The lowest BCUT2D eigenvalue weighted by molar-refractivity contribution is -0.118. The lowest BCUT2D eigenvalue weighted by atomic mass is 9.90. The Hall–Kier alpha value is -2.23. The molecule has 1 atom stereocenters. The molecular weight excluding hydrogens is 448 g/mol. The second-order valence-corrected chi connectivity index (χ2v) is 11.2. The number of amides is 1. The first kappa shape index (κ1) is 24.4. The molecule has 7 nitrogen and oxygen atoms in total. The van der Waals surface area contributed by atoms with E-state index in [9.17, 15) is 13.2 Å². The molecule has 0 spiro atoms. The van der Waals surface area contributed by atoms with E-state index in [0.29, 0.717) is 23.6 Å². The van der Waals surface area contributed by atoms with Crippen LogP contribution in [0.25, 0.3) is 0 Å². The molecule has 1 amide bonds. The van der Waals surface area contributed by atoms with Gasteiger partial charge in [0.05, 0.1) is 23.7 Å². The van der Waals surface area contributed by atoms with Gasteiger partial charge in [0.2, 0.25) is 15.9 Å². The van der Waals surface area contributed by atoms with Gasteiger partial charge in [-0.25, -0.2) is 13.1 Å². The number of hydrogen-bond acceptors (Lipinski definition) is 6. The number of nitrogens with one attached hydrogen (secondary N) is 2. The summed E-state index contributed by atoms with van der Waals surface area (Å²) in [5, 5.41) is 2.83. The SMILES string of the molecule is COc1ccc2c(c1)OC(C)(C)C[C@H]2NS(=O)(=O)c1ccc(SC)c(NC(=O)C(C)C)c1. The van der Waals surface area contributed by atoms with Crippen LogP contribution in [0, 0.1) is 5.92 Å². The van der Waals surface area contributed by atoms with Gasteiger partial charge in [0.15, 0.2) is 0 Å². The van der Waals surface area contributed by atoms with Crippen LogP contribution in [0.2, 0.25) is 0 Å². The molecule has 0 aromatic heterocycles. The van der Waals surface area contributed by atoms with E-state index in [1.54, 1.807) is 45.2 Å². The molecule has 1 aliphatic rings. The molecule has 3 rings (SSSR count). The summed E-state index contributed by atoms with van der Waals surface area (Å²) in [5.41, 5.74) is 0.672. The smallest absolute Gasteiger partial charge is 0.241 e. The van der Waals surface area contributed by atoms with Crippen molar-refractivity contribution in [3.63, 3.8) is 0 Å². The molecule has 0 radical (unpaired) electrons. The van der Waals surface area contributed by atoms with Crippen molar-refractivity contribution in [3.8, 4) is 11.5 Å². The van der Waals surface area contributed by atoms with Crippen molar-refractivity contribution in [2.24, 2.45) is 5.92 Å². The molecule has 174 valence electrons. The molecule has 2 aromatic rings. The van der Waals surface area contributed by atoms with Crippen LogP contribution in [0.15, 0.2) is 46.2 Å². The first-order chi connectivity index (χ1) is 15.0. The monoisotopic (exact) mass is 478 g/mol. The predicted octanol–water partition coefficient (Wildman–Crippen LogP) is 4.59. The average Bonchev–Trinajstić information content (AvgIpc) is 2.71. The van der Waals surface area contributed by atoms with Crippen molar-refractivity contribution in [2.75, 3.05) is 18.7 Å². The van der Waals surface area contributed by atoms with Crippen molar-refractivity contribution >= 4 is 33.4 Å². The fraction of sp³-hybridized carbons (Fsp3) is 0.435. The second-order valence-electron chi connectivity index (χ2n) is 8.65. The Kier molecular flexibility index (Phi) is 7.12. The lowest BCUT2D eigenvalue weighted by Gasteiger charge is -2.37. The maximum Gasteiger partial charge on any atom is 0.241 e. The van der Waals surface area contributed by atoms with Gasteiger partial charge in [0.1, 0.15) is 17.1 Å². The van der Waals surface area contributed by atoms with E-state index >= 15 is 0 Å². The Bertz CT molecular complexity index is 1110. The second kappa shape index (κ2) is 9.33. The quantitative estimate of drug-likeness (QED) is 0.565. The number of hydrogen-bond donors (Lipinski definition) is 2. The largest absolute Gasteiger partial charge is 0.497 e. The minimum absolute atomic E-state index is 0.0914. The molecular formula is C23H30N2O5S2. The van der Waals surface area contributed by atoms with E-state index < -0.39 is 21.7 Å². The number of carbonyl (C=O) groups is 1. The first-order valence-corrected chi connectivity index (χ1v) is 13.0. The molecule has 0 saturated heterocycles. The number of benzene rings is 2. The maximum atomic E-state index is 13.3. The number of sulfonamides is 1. The van der Waals surface area contributed by atoms with E-state index in [-0.39, 0.29) is 16.7 Å². The van der Waals surface area contributed by atoms with Crippen LogP contribution in [-0.2, 0) is 14.8 Å². The van der Waals surface area contributed by atoms with Crippen LogP contribution in [0.5, 0.6) is 11.5 Å². The van der Waals surface area contributed by atoms with Crippen LogP contribution in [-0.4, -0.2) is 33.3 Å². The van der Waals surface area contributed by atoms with Crippen molar-refractivity contribution in [1.29, 1.82) is 0 Å². The van der Waals surface area contributed by atoms with Crippen LogP contribution in [0.3, 0.4) is 0 Å². The molecule has 1 aliphatic heterocycles. The Morgan fingerprint density at radius 3 is 2.56 bits per heavy atom. The topological polar surface area (TPSA) is 93.7 Å². The van der Waals surface area contributed by atoms with Gasteiger partial charge in [-0.15, -0.1) is 11.8 Å². The van der Waals surface area contributed by atoms with Gasteiger partial charge in [0, 0.05) is 28.9 Å². The number of carbonyl (C=O) groups excluding carboxylic acids is 1. The minimum atomic E-state index is -3.87. The summed E-state index contributed by atoms with van der Waals surface area (Å²) >= 11 is 1.44. The number of methoxy groups -OCH3 is 1. The zero-order chi connectivity index (χ0) is 23.7. The van der Waals surface area contributed by atoms with Crippen molar-refractivity contribution in [3.05, 3.63) is 42.0 Å². The predicted molar refractivity (Wildman–Crippen MR) is 127 cm³/mol. The fourth-order valence-corrected chi connectivity index (χ4v) is 5.32. The van der Waals surface area contributed by atoms with E-state index in [0.717, 1.165) is 10.5 Å². The number of fused-ring (bicyclic) bond motifs is 1. The standard InChI is InChI=1S/C23H30N2O5S2/c1-14(2)22(26)24-18-12-16(8-10-21(18)31-6)32(27,28)25-19-13-23(3,4)30-20-11-15(29-5)7-9-17(19)20/h7-12,14,19,25H,13H2,1-6H3,(H,24,26)/t19-/m1/s1. The number of thioether (sulfide) groups is 1. The summed E-state index contributed by atoms with van der Waals surface area (Å²) in [6.07, 6.45) is 2.34. The van der Waals surface area contributed by atoms with E-state index in [4.69, 9.17) is 9.47 Å². The summed E-state index contributed by atoms with van der Waals surface area (Å²) in [4.78, 5) is 13.1. The molecule has 0 saturated carbocycles. The molecule has 32 heavy (non-hydrogen) atoms. The Balaban J connectivity index is 1.95. The van der Waals surface area contributed by atoms with Gasteiger partial charge < -0.3 is 14.8 Å². The van der Waals surface area contributed by atoms with Crippen molar-refractivity contribution in [1.82, 2.24) is 4.72 Å². The van der Waals surface area contributed by atoms with E-state index in [1.807, 2.05) is 26.2 Å². The molecule has 0 bridgehead atoms. The summed E-state index contributed by atoms with van der Waals surface area (Å²) in [6.45, 7) is 7.41. The zero-order valence-corrected chi connectivity index (χ0v) is 20.8. The molecule has 9 heteroatoms. The third-order valence-corrected chi connectivity index (χ3v) is 7.50. The maximum absolute atomic E-state index is 13.3. The third kappa shape index (κ3) is 5.39. The lowest BCUT2D eigenvalue weighted by Crippen LogP contribution is -2.41. The van der Waals surface area contributed by atoms with Crippen LogP contribution < -0.4 is 19.5 Å². The van der Waals surface area contributed by atoms with Gasteiger partial charge in [-0.3, -0.25) is 4.79 Å². The fourth-order valence-electron chi connectivity index (χ4n) is 3.55. The Morgan fingerprint density at radius 2 is 1.94 bits per heavy atom. The van der Waals surface area contributed by atoms with Gasteiger partial charge in [0.25, 0.3) is 0 Å².